The lowest BCUT2D eigenvalue weighted by Crippen LogP contribution is -2.61. The lowest BCUT2D eigenvalue weighted by Gasteiger charge is -2.43. The van der Waals surface area contributed by atoms with E-state index in [-0.39, 0.29) is 54.1 Å². The maximum absolute atomic E-state index is 14.9. The zero-order chi connectivity index (χ0) is 34.6. The number of benzene rings is 1. The third-order valence-corrected chi connectivity index (χ3v) is 11.5. The van der Waals surface area contributed by atoms with Gasteiger partial charge in [-0.3, -0.25) is 19.2 Å². The number of likely N-dealkylation sites (tertiary alicyclic amines) is 1. The average Bonchev–Trinajstić information content (AvgIpc) is 3.68. The van der Waals surface area contributed by atoms with E-state index in [0.29, 0.717) is 24.9 Å². The van der Waals surface area contributed by atoms with Crippen LogP contribution in [0.5, 0.6) is 0 Å². The topological polar surface area (TPSA) is 125 Å². The molecule has 1 unspecified atom stereocenters. The number of carbonyl (C=O) groups excluding carboxylic acids is 4. The Kier molecular flexibility index (Phi) is 11.8. The highest BCUT2D eigenvalue weighted by Crippen LogP contribution is 2.61. The Morgan fingerprint density at radius 3 is 2.50 bits per heavy atom. The van der Waals surface area contributed by atoms with Crippen molar-refractivity contribution in [2.45, 2.75) is 106 Å². The molecule has 1 saturated carbocycles. The predicted octanol–water partition coefficient (Wildman–Crippen LogP) is 4.47. The summed E-state index contributed by atoms with van der Waals surface area (Å²) in [6, 6.07) is 7.50. The van der Waals surface area contributed by atoms with Gasteiger partial charge in [-0.2, -0.15) is 0 Å². The number of nitrogens with one attached hydrogen (secondary N) is 1. The Morgan fingerprint density at radius 2 is 1.88 bits per heavy atom. The summed E-state index contributed by atoms with van der Waals surface area (Å²) in [5.41, 5.74) is -0.585. The zero-order valence-electron chi connectivity index (χ0n) is 28.1. The van der Waals surface area contributed by atoms with Gasteiger partial charge in [0.2, 0.25) is 17.7 Å². The van der Waals surface area contributed by atoms with Crippen LogP contribution in [-0.4, -0.2) is 93.0 Å². The molecule has 3 heterocycles. The second kappa shape index (κ2) is 15.7. The van der Waals surface area contributed by atoms with Crippen molar-refractivity contribution in [3.8, 4) is 0 Å². The molecule has 1 aliphatic carbocycles. The number of ether oxygens (including phenoxy) is 2. The molecule has 1 aromatic rings. The molecule has 1 spiro atoms. The van der Waals surface area contributed by atoms with Crippen LogP contribution in [0.1, 0.15) is 76.9 Å². The van der Waals surface area contributed by atoms with Crippen LogP contribution in [0.3, 0.4) is 0 Å². The first-order valence-electron chi connectivity index (χ1n) is 17.4. The van der Waals surface area contributed by atoms with Gasteiger partial charge in [0.1, 0.15) is 17.7 Å². The van der Waals surface area contributed by atoms with Crippen molar-refractivity contribution < 1.29 is 33.8 Å². The summed E-state index contributed by atoms with van der Waals surface area (Å²) in [6.07, 6.45) is 7.92. The highest BCUT2D eigenvalue weighted by molar-refractivity contribution is 9.09. The highest BCUT2D eigenvalue weighted by Gasteiger charge is 2.77. The fourth-order valence-electron chi connectivity index (χ4n) is 8.34. The zero-order valence-corrected chi connectivity index (χ0v) is 29.7. The average molecular weight is 729 g/mol. The Bertz CT molecular complexity index is 1350. The van der Waals surface area contributed by atoms with Crippen LogP contribution in [0.4, 0.5) is 0 Å². The number of amides is 3. The molecule has 10 nitrogen and oxygen atoms in total. The molecule has 2 N–H and O–H groups in total. The molecular formula is C37H50BrN3O7. The summed E-state index contributed by atoms with van der Waals surface area (Å²) in [6.45, 7) is 11.5. The van der Waals surface area contributed by atoms with E-state index in [1.165, 1.54) is 4.90 Å². The molecule has 48 heavy (non-hydrogen) atoms. The highest BCUT2D eigenvalue weighted by atomic mass is 79.9. The third kappa shape index (κ3) is 6.87. The predicted molar refractivity (Wildman–Crippen MR) is 185 cm³/mol. The molecule has 5 rings (SSSR count). The number of nitrogens with zero attached hydrogens (tertiary/aromatic N) is 2. The Morgan fingerprint density at radius 1 is 1.17 bits per heavy atom. The van der Waals surface area contributed by atoms with Gasteiger partial charge >= 0.3 is 5.97 Å². The van der Waals surface area contributed by atoms with Crippen molar-refractivity contribution in [3.05, 3.63) is 61.2 Å². The second-order valence-electron chi connectivity index (χ2n) is 13.9. The van der Waals surface area contributed by atoms with Crippen LogP contribution in [0.2, 0.25) is 0 Å². The number of alkyl halides is 1. The van der Waals surface area contributed by atoms with E-state index in [2.05, 4.69) is 34.4 Å². The standard InChI is InChI=1S/C37H50BrN3O7/c1-5-7-18-29(43)39-21-28(24-14-10-8-11-15-24)47-36(46)30-31-34(44)41(27(22-42)23(3)4)33(37(31)20-26(38)32(30)48-37)35(45)40(19-6-2)25-16-12-9-13-17-25/h5-6,8,10-11,14-15,23,25-28,30-33,42H,1-2,7,9,12-13,16-22H2,3-4H3,(H,39,43)/t26?,27-,28+,30+,31-,32+,33+,37-/m0/s1. The smallest absolute Gasteiger partial charge is 0.313 e. The van der Waals surface area contributed by atoms with E-state index in [9.17, 15) is 24.3 Å². The number of aliphatic hydroxyl groups excluding tert-OH is 1. The van der Waals surface area contributed by atoms with Crippen molar-refractivity contribution in [2.75, 3.05) is 19.7 Å². The van der Waals surface area contributed by atoms with E-state index in [4.69, 9.17) is 9.47 Å². The minimum absolute atomic E-state index is 0.00994. The molecule has 3 aliphatic heterocycles. The van der Waals surface area contributed by atoms with Gasteiger partial charge in [0.25, 0.3) is 0 Å². The van der Waals surface area contributed by atoms with Gasteiger partial charge < -0.3 is 29.7 Å². The molecule has 1 aromatic carbocycles. The third-order valence-electron chi connectivity index (χ3n) is 10.7. The largest absolute Gasteiger partial charge is 0.455 e. The van der Waals surface area contributed by atoms with Crippen LogP contribution < -0.4 is 5.32 Å². The first-order chi connectivity index (χ1) is 23.1. The molecule has 3 amide bonds. The first-order valence-corrected chi connectivity index (χ1v) is 18.3. The fourth-order valence-corrected chi connectivity index (χ4v) is 9.29. The molecule has 0 aromatic heterocycles. The molecule has 11 heteroatoms. The Balaban J connectivity index is 1.49. The number of hydrogen-bond acceptors (Lipinski definition) is 7. The number of halogens is 1. The molecule has 4 aliphatic rings. The summed E-state index contributed by atoms with van der Waals surface area (Å²) in [5.74, 6) is -3.54. The normalized spacial score (nSPS) is 29.3. The van der Waals surface area contributed by atoms with Crippen LogP contribution in [0.15, 0.2) is 55.6 Å². The minimum atomic E-state index is -1.28. The van der Waals surface area contributed by atoms with E-state index in [1.54, 1.807) is 12.2 Å². The van der Waals surface area contributed by atoms with Crippen molar-refractivity contribution >= 4 is 39.6 Å². The molecule has 0 radical (unpaired) electrons. The number of rotatable bonds is 15. The Hall–Kier alpha value is -3.02. The van der Waals surface area contributed by atoms with Gasteiger partial charge in [-0.05, 0) is 37.2 Å². The van der Waals surface area contributed by atoms with Gasteiger partial charge in [-0.15, -0.1) is 13.2 Å². The summed E-state index contributed by atoms with van der Waals surface area (Å²) < 4.78 is 12.9. The van der Waals surface area contributed by atoms with E-state index < -0.39 is 47.7 Å². The minimum Gasteiger partial charge on any atom is -0.455 e. The fraction of sp³-hybridized carbons (Fsp3) is 0.622. The number of esters is 1. The number of carbonyl (C=O) groups is 4. The molecule has 3 saturated heterocycles. The summed E-state index contributed by atoms with van der Waals surface area (Å²) in [7, 11) is 0. The number of fused-ring (bicyclic) bond motifs is 1. The lowest BCUT2D eigenvalue weighted by molar-refractivity contribution is -0.161. The quantitative estimate of drug-likeness (QED) is 0.155. The van der Waals surface area contributed by atoms with Gasteiger partial charge in [0.15, 0.2) is 0 Å². The maximum atomic E-state index is 14.9. The van der Waals surface area contributed by atoms with Crippen molar-refractivity contribution in [3.63, 3.8) is 0 Å². The van der Waals surface area contributed by atoms with Crippen LogP contribution in [-0.2, 0) is 28.7 Å². The Labute approximate surface area is 292 Å². The number of allylic oxidation sites excluding steroid dienone is 1. The van der Waals surface area contributed by atoms with Crippen molar-refractivity contribution in [1.82, 2.24) is 15.1 Å². The van der Waals surface area contributed by atoms with Crippen molar-refractivity contribution in [2.24, 2.45) is 17.8 Å². The van der Waals surface area contributed by atoms with Crippen LogP contribution in [0.25, 0.3) is 0 Å². The monoisotopic (exact) mass is 727 g/mol. The van der Waals surface area contributed by atoms with Crippen LogP contribution >= 0.6 is 15.9 Å². The molecule has 8 atom stereocenters. The second-order valence-corrected chi connectivity index (χ2v) is 15.1. The maximum Gasteiger partial charge on any atom is 0.313 e. The van der Waals surface area contributed by atoms with E-state index >= 15 is 0 Å². The molecule has 2 bridgehead atoms. The van der Waals surface area contributed by atoms with Gasteiger partial charge in [-0.25, -0.2) is 0 Å². The van der Waals surface area contributed by atoms with E-state index in [0.717, 1.165) is 32.1 Å². The van der Waals surface area contributed by atoms with Gasteiger partial charge in [-0.1, -0.05) is 91.5 Å². The first kappa shape index (κ1) is 36.3. The van der Waals surface area contributed by atoms with Gasteiger partial charge in [0.05, 0.1) is 37.1 Å². The summed E-state index contributed by atoms with van der Waals surface area (Å²) in [5, 5.41) is 13.5. The number of aliphatic hydroxyl groups is 1. The number of hydrogen-bond donors (Lipinski definition) is 2. The lowest BCUT2D eigenvalue weighted by atomic mass is 9.70. The summed E-state index contributed by atoms with van der Waals surface area (Å²) >= 11 is 3.75. The van der Waals surface area contributed by atoms with Crippen LogP contribution in [0, 0.1) is 17.8 Å². The molecule has 4 fully saturated rings. The molecule has 262 valence electrons. The summed E-state index contributed by atoms with van der Waals surface area (Å²) in [4.78, 5) is 59.4. The van der Waals surface area contributed by atoms with Crippen molar-refractivity contribution in [1.29, 1.82) is 0 Å². The van der Waals surface area contributed by atoms with Gasteiger partial charge in [0, 0.05) is 23.8 Å². The van der Waals surface area contributed by atoms with E-state index in [1.807, 2.05) is 49.1 Å². The SMILES string of the molecule is C=CCCC(=O)NC[C@@H](OC(=O)[C@H]1[C@@H]2O[C@@]3(CC2Br)[C@@H]1C(=O)N([C@@H](CO)C(C)C)[C@@H]3C(=O)N(CC=C)C1CCCCC1)c1ccccc1. The molecular weight excluding hydrogens is 678 g/mol.